The Bertz CT molecular complexity index is 478. The van der Waals surface area contributed by atoms with Gasteiger partial charge >= 0.3 is 6.18 Å². The van der Waals surface area contributed by atoms with Crippen molar-refractivity contribution in [2.45, 2.75) is 32.5 Å². The Morgan fingerprint density at radius 3 is 2.85 bits per heavy atom. The molecular formula is C13H17F3N2OS. The summed E-state index contributed by atoms with van der Waals surface area (Å²) in [5, 5.41) is 6.98. The van der Waals surface area contributed by atoms with E-state index in [0.717, 1.165) is 16.9 Å². The molecule has 0 radical (unpaired) electrons. The van der Waals surface area contributed by atoms with E-state index in [0.29, 0.717) is 0 Å². The third-order valence-corrected chi connectivity index (χ3v) is 4.72. The van der Waals surface area contributed by atoms with Crippen LogP contribution >= 0.6 is 11.3 Å². The normalized spacial score (nSPS) is 23.0. The Morgan fingerprint density at radius 2 is 2.30 bits per heavy atom. The van der Waals surface area contributed by atoms with Gasteiger partial charge in [0.25, 0.3) is 0 Å². The fourth-order valence-electron chi connectivity index (χ4n) is 2.42. The van der Waals surface area contributed by atoms with Gasteiger partial charge in [-0.2, -0.15) is 13.2 Å². The van der Waals surface area contributed by atoms with Crippen molar-refractivity contribution in [2.75, 3.05) is 13.1 Å². The van der Waals surface area contributed by atoms with Gasteiger partial charge in [-0.25, -0.2) is 0 Å². The molecule has 1 amide bonds. The molecule has 1 aromatic heterocycles. The van der Waals surface area contributed by atoms with Crippen molar-refractivity contribution in [2.24, 2.45) is 5.41 Å². The van der Waals surface area contributed by atoms with Crippen molar-refractivity contribution in [1.82, 2.24) is 10.6 Å². The van der Waals surface area contributed by atoms with Gasteiger partial charge in [-0.05, 0) is 36.4 Å². The SMILES string of the molecule is CCc1ccsc1CNC(=O)C1(C(F)(F)F)CCNC1. The molecule has 1 atom stereocenters. The molecule has 2 N–H and O–H groups in total. The number of rotatable bonds is 4. The maximum atomic E-state index is 13.2. The summed E-state index contributed by atoms with van der Waals surface area (Å²) in [6, 6.07) is 1.93. The molecular weight excluding hydrogens is 289 g/mol. The highest BCUT2D eigenvalue weighted by atomic mass is 32.1. The molecule has 7 heteroatoms. The number of halogens is 3. The quantitative estimate of drug-likeness (QED) is 0.897. The molecule has 1 aliphatic rings. The number of carbonyl (C=O) groups is 1. The minimum Gasteiger partial charge on any atom is -0.350 e. The highest BCUT2D eigenvalue weighted by Gasteiger charge is 2.61. The van der Waals surface area contributed by atoms with E-state index < -0.39 is 17.5 Å². The third kappa shape index (κ3) is 2.69. The molecule has 1 unspecified atom stereocenters. The fourth-order valence-corrected chi connectivity index (χ4v) is 3.34. The van der Waals surface area contributed by atoms with E-state index in [9.17, 15) is 18.0 Å². The summed E-state index contributed by atoms with van der Waals surface area (Å²) in [5.41, 5.74) is -1.21. The number of hydrogen-bond donors (Lipinski definition) is 2. The molecule has 1 saturated heterocycles. The predicted molar refractivity (Wildman–Crippen MR) is 71.5 cm³/mol. The summed E-state index contributed by atoms with van der Waals surface area (Å²) in [7, 11) is 0. The van der Waals surface area contributed by atoms with Gasteiger partial charge in [0.1, 0.15) is 0 Å². The summed E-state index contributed by atoms with van der Waals surface area (Å²) in [4.78, 5) is 13.0. The lowest BCUT2D eigenvalue weighted by Gasteiger charge is -2.29. The average molecular weight is 306 g/mol. The summed E-state index contributed by atoms with van der Waals surface area (Å²) < 4.78 is 39.5. The average Bonchev–Trinajstić information content (AvgIpc) is 3.04. The molecule has 0 saturated carbocycles. The van der Waals surface area contributed by atoms with E-state index in [4.69, 9.17) is 0 Å². The summed E-state index contributed by atoms with van der Waals surface area (Å²) in [6.45, 7) is 2.02. The van der Waals surface area contributed by atoms with Crippen LogP contribution < -0.4 is 10.6 Å². The van der Waals surface area contributed by atoms with Crippen molar-refractivity contribution in [3.8, 4) is 0 Å². The molecule has 0 spiro atoms. The molecule has 1 aliphatic heterocycles. The molecule has 1 fully saturated rings. The molecule has 2 rings (SSSR count). The van der Waals surface area contributed by atoms with Gasteiger partial charge in [-0.3, -0.25) is 4.79 Å². The Hall–Kier alpha value is -1.08. The molecule has 2 heterocycles. The number of thiophene rings is 1. The lowest BCUT2D eigenvalue weighted by Crippen LogP contribution is -2.52. The zero-order chi connectivity index (χ0) is 14.8. The van der Waals surface area contributed by atoms with Crippen LogP contribution in [0.4, 0.5) is 13.2 Å². The summed E-state index contributed by atoms with van der Waals surface area (Å²) >= 11 is 1.45. The smallest absolute Gasteiger partial charge is 0.350 e. The van der Waals surface area contributed by atoms with Crippen molar-refractivity contribution in [3.63, 3.8) is 0 Å². The van der Waals surface area contributed by atoms with Crippen LogP contribution in [0.1, 0.15) is 23.8 Å². The summed E-state index contributed by atoms with van der Waals surface area (Å²) in [5.74, 6) is -0.926. The molecule has 0 aliphatic carbocycles. The Kier molecular flexibility index (Phi) is 4.39. The zero-order valence-corrected chi connectivity index (χ0v) is 12.0. The largest absolute Gasteiger partial charge is 0.404 e. The van der Waals surface area contributed by atoms with E-state index in [2.05, 4.69) is 10.6 Å². The van der Waals surface area contributed by atoms with Gasteiger partial charge in [0, 0.05) is 11.4 Å². The second kappa shape index (κ2) is 5.73. The van der Waals surface area contributed by atoms with Crippen molar-refractivity contribution >= 4 is 17.2 Å². The first-order valence-corrected chi connectivity index (χ1v) is 7.39. The van der Waals surface area contributed by atoms with Crippen LogP contribution in [-0.4, -0.2) is 25.2 Å². The van der Waals surface area contributed by atoms with Gasteiger partial charge in [-0.15, -0.1) is 11.3 Å². The van der Waals surface area contributed by atoms with Crippen LogP contribution in [0.25, 0.3) is 0 Å². The highest BCUT2D eigenvalue weighted by Crippen LogP contribution is 2.43. The molecule has 0 aromatic carbocycles. The van der Waals surface area contributed by atoms with Crippen molar-refractivity contribution < 1.29 is 18.0 Å². The lowest BCUT2D eigenvalue weighted by atomic mass is 9.85. The molecule has 3 nitrogen and oxygen atoms in total. The first-order chi connectivity index (χ1) is 9.40. The number of aryl methyl sites for hydroxylation is 1. The van der Waals surface area contributed by atoms with Crippen LogP contribution in [0, 0.1) is 5.41 Å². The second-order valence-corrected chi connectivity index (χ2v) is 5.91. The van der Waals surface area contributed by atoms with Gasteiger partial charge in [0.05, 0.1) is 6.54 Å². The minimum atomic E-state index is -4.52. The maximum Gasteiger partial charge on any atom is 0.404 e. The van der Waals surface area contributed by atoms with Crippen LogP contribution in [0.5, 0.6) is 0 Å². The van der Waals surface area contributed by atoms with E-state index >= 15 is 0 Å². The predicted octanol–water partition coefficient (Wildman–Crippen LogP) is 2.47. The fraction of sp³-hybridized carbons (Fsp3) is 0.615. The Balaban J connectivity index is 2.07. The summed E-state index contributed by atoms with van der Waals surface area (Å²) in [6.07, 6.45) is -3.92. The van der Waals surface area contributed by atoms with E-state index in [1.807, 2.05) is 18.4 Å². The maximum absolute atomic E-state index is 13.2. The van der Waals surface area contributed by atoms with E-state index in [1.54, 1.807) is 0 Å². The first-order valence-electron chi connectivity index (χ1n) is 6.51. The van der Waals surface area contributed by atoms with Gasteiger partial charge < -0.3 is 10.6 Å². The molecule has 112 valence electrons. The third-order valence-electron chi connectivity index (χ3n) is 3.76. The molecule has 0 bridgehead atoms. The standard InChI is InChI=1S/C13H17F3N2OS/c1-2-9-3-6-20-10(9)7-18-11(19)12(13(14,15)16)4-5-17-8-12/h3,6,17H,2,4-5,7-8H2,1H3,(H,18,19). The molecule has 1 aromatic rings. The number of carbonyl (C=O) groups excluding carboxylic acids is 1. The van der Waals surface area contributed by atoms with E-state index in [-0.39, 0.29) is 26.1 Å². The molecule has 20 heavy (non-hydrogen) atoms. The number of alkyl halides is 3. The van der Waals surface area contributed by atoms with Gasteiger partial charge in [0.2, 0.25) is 5.91 Å². The van der Waals surface area contributed by atoms with Gasteiger partial charge in [0.15, 0.2) is 5.41 Å². The monoisotopic (exact) mass is 306 g/mol. The van der Waals surface area contributed by atoms with Gasteiger partial charge in [-0.1, -0.05) is 6.92 Å². The van der Waals surface area contributed by atoms with Crippen LogP contribution in [0.2, 0.25) is 0 Å². The first kappa shape index (κ1) is 15.3. The number of amides is 1. The zero-order valence-electron chi connectivity index (χ0n) is 11.1. The topological polar surface area (TPSA) is 41.1 Å². The van der Waals surface area contributed by atoms with Crippen molar-refractivity contribution in [3.05, 3.63) is 21.9 Å². The van der Waals surface area contributed by atoms with E-state index in [1.165, 1.54) is 11.3 Å². The highest BCUT2D eigenvalue weighted by molar-refractivity contribution is 7.10. The number of nitrogens with one attached hydrogen (secondary N) is 2. The number of hydrogen-bond acceptors (Lipinski definition) is 3. The lowest BCUT2D eigenvalue weighted by molar-refractivity contribution is -0.216. The second-order valence-electron chi connectivity index (χ2n) is 4.91. The van der Waals surface area contributed by atoms with Crippen LogP contribution in [-0.2, 0) is 17.8 Å². The Morgan fingerprint density at radius 1 is 1.55 bits per heavy atom. The Labute approximate surface area is 119 Å². The van der Waals surface area contributed by atoms with Crippen LogP contribution in [0.3, 0.4) is 0 Å². The minimum absolute atomic E-state index is 0.164. The van der Waals surface area contributed by atoms with Crippen LogP contribution in [0.15, 0.2) is 11.4 Å². The van der Waals surface area contributed by atoms with Crippen molar-refractivity contribution in [1.29, 1.82) is 0 Å².